The van der Waals surface area contributed by atoms with Crippen molar-refractivity contribution >= 4 is 87.5 Å². The molecule has 0 saturated carbocycles. The summed E-state index contributed by atoms with van der Waals surface area (Å²) in [5.74, 6) is -2.00. The third kappa shape index (κ3) is 5.86. The molecular weight excluding hydrogens is 717 g/mol. The molecule has 0 fully saturated rings. The summed E-state index contributed by atoms with van der Waals surface area (Å²) in [7, 11) is -9.37. The lowest BCUT2D eigenvalue weighted by molar-refractivity contribution is 0.0979. The Bertz CT molecular complexity index is 2690. The maximum atomic E-state index is 13.6. The van der Waals surface area contributed by atoms with Crippen LogP contribution in [-0.4, -0.2) is 47.7 Å². The number of carbonyl (C=O) groups excluding carboxylic acids is 2. The molecule has 0 amide bonds. The molecule has 0 spiro atoms. The third-order valence-electron chi connectivity index (χ3n) is 8.28. The molecule has 0 bridgehead atoms. The molecule has 8 N–H and O–H groups in total. The average molecular weight is 739 g/mol. The quantitative estimate of drug-likeness (QED) is 0.0592. The lowest BCUT2D eigenvalue weighted by Gasteiger charge is -2.17. The highest BCUT2D eigenvalue weighted by atomic mass is 32.2. The van der Waals surface area contributed by atoms with Crippen LogP contribution < -0.4 is 11.5 Å². The van der Waals surface area contributed by atoms with Gasteiger partial charge in [0.2, 0.25) is 0 Å². The second-order valence-electron chi connectivity index (χ2n) is 11.5. The van der Waals surface area contributed by atoms with Crippen LogP contribution >= 0.6 is 0 Å². The highest BCUT2D eigenvalue weighted by Gasteiger charge is 2.30. The monoisotopic (exact) mass is 738 g/mol. The van der Waals surface area contributed by atoms with Crippen molar-refractivity contribution in [2.24, 2.45) is 20.5 Å². The lowest BCUT2D eigenvalue weighted by atomic mass is 9.83. The van der Waals surface area contributed by atoms with Crippen LogP contribution in [0.15, 0.2) is 115 Å². The maximum Gasteiger partial charge on any atom is 0.294 e. The van der Waals surface area contributed by atoms with Crippen molar-refractivity contribution in [2.45, 2.75) is 9.79 Å². The van der Waals surface area contributed by atoms with Crippen molar-refractivity contribution in [1.82, 2.24) is 0 Å². The third-order valence-corrected chi connectivity index (χ3v) is 9.94. The number of phenols is 2. The molecule has 16 nitrogen and oxygen atoms in total. The molecule has 0 unspecified atom stereocenters. The molecule has 0 aliphatic heterocycles. The van der Waals surface area contributed by atoms with Crippen molar-refractivity contribution < 1.29 is 45.7 Å². The van der Waals surface area contributed by atoms with Gasteiger partial charge in [-0.1, -0.05) is 0 Å². The number of hydrogen-bond acceptors (Lipinski definition) is 14. The van der Waals surface area contributed by atoms with Crippen LogP contribution in [0.1, 0.15) is 31.8 Å². The van der Waals surface area contributed by atoms with E-state index in [0.29, 0.717) is 0 Å². The minimum Gasteiger partial charge on any atom is -0.507 e. The van der Waals surface area contributed by atoms with Gasteiger partial charge < -0.3 is 21.7 Å². The second kappa shape index (κ2) is 12.0. The first-order chi connectivity index (χ1) is 24.5. The molecule has 0 heterocycles. The molecule has 6 aromatic rings. The van der Waals surface area contributed by atoms with Gasteiger partial charge in [0.15, 0.2) is 11.6 Å². The number of hydrogen-bond donors (Lipinski definition) is 6. The first kappa shape index (κ1) is 33.9. The lowest BCUT2D eigenvalue weighted by Crippen LogP contribution is -2.20. The van der Waals surface area contributed by atoms with E-state index in [1.54, 1.807) is 0 Å². The van der Waals surface area contributed by atoms with Crippen LogP contribution in [0.4, 0.5) is 34.1 Å². The number of nitrogens with two attached hydrogens (primary N) is 2. The van der Waals surface area contributed by atoms with E-state index in [-0.39, 0.29) is 77.9 Å². The number of anilines is 2. The van der Waals surface area contributed by atoms with E-state index in [0.717, 1.165) is 24.3 Å². The van der Waals surface area contributed by atoms with E-state index in [4.69, 9.17) is 11.5 Å². The van der Waals surface area contributed by atoms with Crippen molar-refractivity contribution in [2.75, 3.05) is 11.5 Å². The van der Waals surface area contributed by atoms with E-state index in [1.165, 1.54) is 60.7 Å². The largest absolute Gasteiger partial charge is 0.507 e. The van der Waals surface area contributed by atoms with Gasteiger partial charge in [-0.3, -0.25) is 18.7 Å². The summed E-state index contributed by atoms with van der Waals surface area (Å²) in [6.07, 6.45) is 0. The van der Waals surface area contributed by atoms with Gasteiger partial charge in [0.1, 0.15) is 11.5 Å². The smallest absolute Gasteiger partial charge is 0.294 e. The van der Waals surface area contributed by atoms with E-state index >= 15 is 0 Å². The average Bonchev–Trinajstić information content (AvgIpc) is 3.08. The van der Waals surface area contributed by atoms with Crippen LogP contribution in [0.5, 0.6) is 11.5 Å². The Kier molecular flexibility index (Phi) is 7.83. The number of rotatable bonds is 6. The maximum absolute atomic E-state index is 13.6. The zero-order valence-corrected chi connectivity index (χ0v) is 27.7. The summed E-state index contributed by atoms with van der Waals surface area (Å²) >= 11 is 0. The van der Waals surface area contributed by atoms with Gasteiger partial charge >= 0.3 is 0 Å². The number of carbonyl (C=O) groups is 2. The van der Waals surface area contributed by atoms with Crippen LogP contribution in [-0.2, 0) is 20.2 Å². The van der Waals surface area contributed by atoms with Crippen molar-refractivity contribution in [3.63, 3.8) is 0 Å². The van der Waals surface area contributed by atoms with E-state index < -0.39 is 53.1 Å². The first-order valence-electron chi connectivity index (χ1n) is 14.8. The fourth-order valence-electron chi connectivity index (χ4n) is 5.84. The molecule has 0 aromatic heterocycles. The van der Waals surface area contributed by atoms with Crippen molar-refractivity contribution in [1.29, 1.82) is 0 Å². The Morgan fingerprint density at radius 1 is 0.481 bits per heavy atom. The van der Waals surface area contributed by atoms with Crippen molar-refractivity contribution in [3.05, 3.63) is 107 Å². The van der Waals surface area contributed by atoms with Crippen LogP contribution in [0.2, 0.25) is 0 Å². The highest BCUT2D eigenvalue weighted by Crippen LogP contribution is 2.41. The van der Waals surface area contributed by atoms with Gasteiger partial charge in [-0.2, -0.15) is 27.1 Å². The summed E-state index contributed by atoms with van der Waals surface area (Å²) in [6, 6.07) is 17.9. The SMILES string of the molecule is Nc1ccc(N=Nc2ccc3c(c2)C(=O)c2ccc(N=Nc4ccc(N)c5c(O)cc(S(=O)(=O)O)cc45)cc2C3=O)c2cc(S(=O)(=O)O)cc(O)c12. The zero-order chi connectivity index (χ0) is 37.3. The Labute approximate surface area is 292 Å². The van der Waals surface area contributed by atoms with Gasteiger partial charge in [0, 0.05) is 67.3 Å². The van der Waals surface area contributed by atoms with Crippen molar-refractivity contribution in [3.8, 4) is 11.5 Å². The Hall–Kier alpha value is -6.60. The number of ketones is 2. The topological polar surface area (TPSA) is 285 Å². The Balaban J connectivity index is 1.21. The fourth-order valence-corrected chi connectivity index (χ4v) is 6.90. The molecule has 0 radical (unpaired) electrons. The van der Waals surface area contributed by atoms with Crippen LogP contribution in [0.25, 0.3) is 21.5 Å². The van der Waals surface area contributed by atoms with Gasteiger partial charge in [-0.25, -0.2) is 0 Å². The van der Waals surface area contributed by atoms with Crippen LogP contribution in [0.3, 0.4) is 0 Å². The molecule has 6 aromatic carbocycles. The molecule has 0 atom stereocenters. The van der Waals surface area contributed by atoms with E-state index in [9.17, 15) is 45.7 Å². The van der Waals surface area contributed by atoms with E-state index in [2.05, 4.69) is 20.5 Å². The molecule has 1 aliphatic carbocycles. The number of phenolic OH excluding ortho intramolecular Hbond substituents is 2. The summed E-state index contributed by atoms with van der Waals surface area (Å²) in [5, 5.41) is 37.7. The normalized spacial score (nSPS) is 13.3. The summed E-state index contributed by atoms with van der Waals surface area (Å²) in [4.78, 5) is 26.0. The Morgan fingerprint density at radius 2 is 0.865 bits per heavy atom. The number of benzene rings is 6. The van der Waals surface area contributed by atoms with E-state index in [1.807, 2.05) is 0 Å². The van der Waals surface area contributed by atoms with Gasteiger partial charge in [-0.05, 0) is 72.8 Å². The van der Waals surface area contributed by atoms with Crippen LogP contribution in [0, 0.1) is 0 Å². The van der Waals surface area contributed by atoms with Gasteiger partial charge in [0.05, 0.1) is 32.5 Å². The molecule has 7 rings (SSSR count). The second-order valence-corrected chi connectivity index (χ2v) is 14.4. The molecule has 1 aliphatic rings. The highest BCUT2D eigenvalue weighted by molar-refractivity contribution is 7.86. The summed E-state index contributed by atoms with van der Waals surface area (Å²) in [5.41, 5.74) is 12.9. The summed E-state index contributed by atoms with van der Waals surface area (Å²) < 4.78 is 66.0. The molecule has 260 valence electrons. The van der Waals surface area contributed by atoms with Gasteiger partial charge in [-0.15, -0.1) is 10.2 Å². The molecule has 18 heteroatoms. The Morgan fingerprint density at radius 3 is 1.23 bits per heavy atom. The number of nitrogen functional groups attached to an aromatic ring is 2. The predicted octanol–water partition coefficient (Wildman–Crippen LogP) is 6.67. The molecule has 52 heavy (non-hydrogen) atoms. The standard InChI is InChI=1S/C34H22N6O10S2/c35-25-5-7-27(23-11-17(51(45,46)47)13-29(41)31(23)25)39-37-15-1-3-19-21(9-15)34(44)20-4-2-16(10-22(20)33(19)43)38-40-28-8-6-26(36)32-24(28)12-18(14-30(32)42)52(48,49)50/h1-14,41-42H,35-36H2,(H,45,46,47)(H,48,49,50). The number of nitrogens with zero attached hydrogens (tertiary/aromatic N) is 4. The number of aromatic hydroxyl groups is 2. The number of fused-ring (bicyclic) bond motifs is 4. The fraction of sp³-hybridized carbons (Fsp3) is 0. The van der Waals surface area contributed by atoms with Gasteiger partial charge in [0.25, 0.3) is 20.2 Å². The minimum absolute atomic E-state index is 0.0413. The summed E-state index contributed by atoms with van der Waals surface area (Å²) in [6.45, 7) is 0. The zero-order valence-electron chi connectivity index (χ0n) is 26.1. The number of azo groups is 2. The first-order valence-corrected chi connectivity index (χ1v) is 17.7. The predicted molar refractivity (Wildman–Crippen MR) is 188 cm³/mol. The molecular formula is C34H22N6O10S2. The minimum atomic E-state index is -4.69. The molecule has 0 saturated heterocycles.